The Morgan fingerprint density at radius 1 is 1.40 bits per heavy atom. The molecule has 2 amide bonds. The van der Waals surface area contributed by atoms with Crippen LogP contribution in [0.1, 0.15) is 11.4 Å². The number of aromatic amines is 2. The lowest BCUT2D eigenvalue weighted by atomic mass is 10.3. The van der Waals surface area contributed by atoms with Crippen LogP contribution in [-0.2, 0) is 6.54 Å². The van der Waals surface area contributed by atoms with Crippen LogP contribution in [-0.4, -0.2) is 29.0 Å². The van der Waals surface area contributed by atoms with E-state index in [1.165, 1.54) is 12.1 Å². The van der Waals surface area contributed by atoms with Crippen molar-refractivity contribution < 1.29 is 14.2 Å². The van der Waals surface area contributed by atoms with Gasteiger partial charge in [-0.1, -0.05) is 6.07 Å². The van der Waals surface area contributed by atoms with Gasteiger partial charge in [0.25, 0.3) is 0 Å². The molecule has 104 valence electrons. The second-order valence-corrected chi connectivity index (χ2v) is 4.87. The van der Waals surface area contributed by atoms with Crippen LogP contribution in [0.3, 0.4) is 0 Å². The molecule has 0 atom stereocenters. The van der Waals surface area contributed by atoms with Crippen LogP contribution < -0.4 is 9.88 Å². The Bertz CT molecular complexity index is 640. The third-order valence-corrected chi connectivity index (χ3v) is 3.55. The van der Waals surface area contributed by atoms with Crippen LogP contribution in [0.25, 0.3) is 0 Å². The molecular weight excluding hydrogens is 259 g/mol. The van der Waals surface area contributed by atoms with Crippen molar-refractivity contribution in [3.05, 3.63) is 47.8 Å². The fourth-order valence-corrected chi connectivity index (χ4v) is 2.39. The zero-order chi connectivity index (χ0) is 14.1. The van der Waals surface area contributed by atoms with E-state index in [4.69, 9.17) is 0 Å². The molecule has 0 bridgehead atoms. The minimum Gasteiger partial charge on any atom is -0.314 e. The standard InChI is InChI=1S/C14H15FN4O/c1-10-13(17-9-16-10)8-18-5-6-19(14(18)20)12-4-2-3-11(15)7-12/h2-4,7,9H,5-6,8H2,1H3,(H,16,17)/p+1. The first kappa shape index (κ1) is 12.7. The van der Waals surface area contributed by atoms with Gasteiger partial charge in [0.1, 0.15) is 11.5 Å². The molecule has 2 heterocycles. The molecule has 5 nitrogen and oxygen atoms in total. The first-order valence-corrected chi connectivity index (χ1v) is 6.51. The summed E-state index contributed by atoms with van der Waals surface area (Å²) in [7, 11) is 0. The maximum Gasteiger partial charge on any atom is 0.325 e. The van der Waals surface area contributed by atoms with Crippen LogP contribution >= 0.6 is 0 Å². The van der Waals surface area contributed by atoms with E-state index in [-0.39, 0.29) is 11.8 Å². The first-order valence-electron chi connectivity index (χ1n) is 6.51. The molecule has 1 aliphatic heterocycles. The highest BCUT2D eigenvalue weighted by Crippen LogP contribution is 2.22. The third-order valence-electron chi connectivity index (χ3n) is 3.55. The predicted molar refractivity (Wildman–Crippen MR) is 71.6 cm³/mol. The molecule has 6 heteroatoms. The molecule has 0 aliphatic carbocycles. The number of aryl methyl sites for hydroxylation is 1. The second kappa shape index (κ2) is 4.96. The highest BCUT2D eigenvalue weighted by atomic mass is 19.1. The van der Waals surface area contributed by atoms with Gasteiger partial charge in [0.05, 0.1) is 6.54 Å². The van der Waals surface area contributed by atoms with Crippen LogP contribution in [0.4, 0.5) is 14.9 Å². The van der Waals surface area contributed by atoms with Crippen molar-refractivity contribution in [2.75, 3.05) is 18.0 Å². The predicted octanol–water partition coefficient (Wildman–Crippen LogP) is 1.72. The zero-order valence-corrected chi connectivity index (χ0v) is 11.2. The van der Waals surface area contributed by atoms with Gasteiger partial charge in [-0.25, -0.2) is 19.2 Å². The monoisotopic (exact) mass is 275 g/mol. The Kier molecular flexibility index (Phi) is 3.14. The maximum absolute atomic E-state index is 13.2. The fourth-order valence-electron chi connectivity index (χ4n) is 2.39. The average molecular weight is 275 g/mol. The number of nitrogens with one attached hydrogen (secondary N) is 2. The van der Waals surface area contributed by atoms with Gasteiger partial charge in [0.15, 0.2) is 5.69 Å². The van der Waals surface area contributed by atoms with E-state index in [2.05, 4.69) is 9.97 Å². The van der Waals surface area contributed by atoms with Gasteiger partial charge in [-0.3, -0.25) is 4.90 Å². The number of aromatic nitrogens is 2. The normalized spacial score (nSPS) is 15.2. The van der Waals surface area contributed by atoms with E-state index in [0.717, 1.165) is 11.4 Å². The molecule has 0 radical (unpaired) electrons. The number of carbonyl (C=O) groups excluding carboxylic acids is 1. The summed E-state index contributed by atoms with van der Waals surface area (Å²) in [6, 6.07) is 6.03. The lowest BCUT2D eigenvalue weighted by molar-refractivity contribution is -0.389. The van der Waals surface area contributed by atoms with Crippen molar-refractivity contribution in [3.8, 4) is 0 Å². The number of nitrogens with zero attached hydrogens (tertiary/aromatic N) is 2. The molecular formula is C14H16FN4O+. The molecule has 1 aliphatic rings. The number of carbonyl (C=O) groups is 1. The minimum absolute atomic E-state index is 0.0930. The molecule has 20 heavy (non-hydrogen) atoms. The molecule has 1 aromatic heterocycles. The number of imidazole rings is 1. The zero-order valence-electron chi connectivity index (χ0n) is 11.2. The number of urea groups is 1. The van der Waals surface area contributed by atoms with Crippen LogP contribution in [0.2, 0.25) is 0 Å². The van der Waals surface area contributed by atoms with E-state index in [9.17, 15) is 9.18 Å². The number of anilines is 1. The van der Waals surface area contributed by atoms with Crippen molar-refractivity contribution in [2.24, 2.45) is 0 Å². The number of rotatable bonds is 3. The lowest BCUT2D eigenvalue weighted by Gasteiger charge is -2.17. The Hall–Kier alpha value is -2.37. The summed E-state index contributed by atoms with van der Waals surface area (Å²) < 4.78 is 13.2. The highest BCUT2D eigenvalue weighted by Gasteiger charge is 2.31. The van der Waals surface area contributed by atoms with Gasteiger partial charge in [-0.2, -0.15) is 0 Å². The molecule has 1 saturated heterocycles. The topological polar surface area (TPSA) is 53.5 Å². The summed E-state index contributed by atoms with van der Waals surface area (Å²) in [4.78, 5) is 21.8. The van der Waals surface area contributed by atoms with E-state index in [0.29, 0.717) is 25.3 Å². The number of hydrogen-bond donors (Lipinski definition) is 1. The van der Waals surface area contributed by atoms with Crippen LogP contribution in [0.5, 0.6) is 0 Å². The summed E-state index contributed by atoms with van der Waals surface area (Å²) in [5, 5.41) is 0. The van der Waals surface area contributed by atoms with Gasteiger partial charge in [0.2, 0.25) is 6.33 Å². The van der Waals surface area contributed by atoms with Crippen molar-refractivity contribution in [2.45, 2.75) is 13.5 Å². The number of benzene rings is 1. The number of hydrogen-bond acceptors (Lipinski definition) is 1. The molecule has 0 unspecified atom stereocenters. The largest absolute Gasteiger partial charge is 0.325 e. The van der Waals surface area contributed by atoms with Gasteiger partial charge >= 0.3 is 6.03 Å². The second-order valence-electron chi connectivity index (χ2n) is 4.87. The van der Waals surface area contributed by atoms with Gasteiger partial charge in [-0.05, 0) is 18.2 Å². The summed E-state index contributed by atoms with van der Waals surface area (Å²) in [6.07, 6.45) is 1.75. The Morgan fingerprint density at radius 3 is 2.95 bits per heavy atom. The molecule has 1 fully saturated rings. The Morgan fingerprint density at radius 2 is 2.25 bits per heavy atom. The Balaban J connectivity index is 1.76. The SMILES string of the molecule is Cc1[nH]c[nH+]c1CN1CCN(c2cccc(F)c2)C1=O. The molecule has 2 N–H and O–H groups in total. The maximum atomic E-state index is 13.2. The van der Waals surface area contributed by atoms with E-state index >= 15 is 0 Å². The van der Waals surface area contributed by atoms with Crippen LogP contribution in [0, 0.1) is 12.7 Å². The van der Waals surface area contributed by atoms with Gasteiger partial charge in [-0.15, -0.1) is 0 Å². The van der Waals surface area contributed by atoms with Gasteiger partial charge in [0, 0.05) is 25.7 Å². The number of amides is 2. The van der Waals surface area contributed by atoms with Crippen molar-refractivity contribution in [3.63, 3.8) is 0 Å². The smallest absolute Gasteiger partial charge is 0.314 e. The minimum atomic E-state index is -0.330. The van der Waals surface area contributed by atoms with Crippen molar-refractivity contribution in [1.29, 1.82) is 0 Å². The van der Waals surface area contributed by atoms with E-state index < -0.39 is 0 Å². The average Bonchev–Trinajstić information content (AvgIpc) is 2.98. The first-order chi connectivity index (χ1) is 9.65. The Labute approximate surface area is 116 Å². The quantitative estimate of drug-likeness (QED) is 0.911. The summed E-state index contributed by atoms with van der Waals surface area (Å²) in [6.45, 7) is 3.69. The number of H-pyrrole nitrogens is 2. The number of halogens is 1. The van der Waals surface area contributed by atoms with Crippen molar-refractivity contribution in [1.82, 2.24) is 9.88 Å². The van der Waals surface area contributed by atoms with Gasteiger partial charge < -0.3 is 4.90 Å². The highest BCUT2D eigenvalue weighted by molar-refractivity contribution is 5.94. The molecule has 2 aromatic rings. The molecule has 3 rings (SSSR count). The summed E-state index contributed by atoms with van der Waals surface area (Å²) in [5.74, 6) is -0.330. The summed E-state index contributed by atoms with van der Waals surface area (Å²) in [5.41, 5.74) is 2.61. The summed E-state index contributed by atoms with van der Waals surface area (Å²) >= 11 is 0. The third kappa shape index (κ3) is 2.24. The van der Waals surface area contributed by atoms with Crippen LogP contribution in [0.15, 0.2) is 30.6 Å². The fraction of sp³-hybridized carbons (Fsp3) is 0.286. The van der Waals surface area contributed by atoms with Crippen molar-refractivity contribution >= 4 is 11.7 Å². The molecule has 0 spiro atoms. The van der Waals surface area contributed by atoms with E-state index in [1.807, 2.05) is 6.92 Å². The van der Waals surface area contributed by atoms with E-state index in [1.54, 1.807) is 28.3 Å². The molecule has 0 saturated carbocycles. The lowest BCUT2D eigenvalue weighted by Crippen LogP contribution is -2.32. The molecule has 1 aromatic carbocycles.